The molecular weight excluding hydrogens is 411 g/mol. The maximum absolute atomic E-state index is 12.8. The zero-order valence-corrected chi connectivity index (χ0v) is 15.6. The molecule has 0 saturated heterocycles. The van der Waals surface area contributed by atoms with Crippen LogP contribution in [0.2, 0.25) is 0 Å². The molecule has 0 atom stereocenters. The molecule has 0 N–H and O–H groups in total. The van der Waals surface area contributed by atoms with Crippen LogP contribution in [0.4, 0.5) is 18.9 Å². The van der Waals surface area contributed by atoms with Gasteiger partial charge in [0.05, 0.1) is 10.5 Å². The van der Waals surface area contributed by atoms with Gasteiger partial charge in [0.25, 0.3) is 5.89 Å². The van der Waals surface area contributed by atoms with Crippen LogP contribution in [-0.2, 0) is 28.9 Å². The molecule has 0 aliphatic heterocycles. The standard InChI is InChI=1S/C17H14F3N5O5/c1-9-15(25(27)28)10(2)24(22-9)7-14(26)29-8-13-21-16(23-30-13)11-4-3-5-12(6-11)17(18,19)20/h3-6H,7-8H2,1-2H3. The number of hydrogen-bond acceptors (Lipinski definition) is 8. The van der Waals surface area contributed by atoms with E-state index in [1.54, 1.807) is 0 Å². The van der Waals surface area contributed by atoms with Crippen molar-refractivity contribution in [2.75, 3.05) is 0 Å². The molecule has 0 fully saturated rings. The van der Waals surface area contributed by atoms with E-state index in [1.165, 1.54) is 26.0 Å². The number of benzene rings is 1. The molecule has 10 nitrogen and oxygen atoms in total. The van der Waals surface area contributed by atoms with Gasteiger partial charge in [0.15, 0.2) is 6.61 Å². The number of alkyl halides is 3. The molecule has 2 heterocycles. The number of carbonyl (C=O) groups is 1. The molecule has 0 amide bonds. The highest BCUT2D eigenvalue weighted by molar-refractivity contribution is 5.69. The van der Waals surface area contributed by atoms with E-state index in [9.17, 15) is 28.1 Å². The summed E-state index contributed by atoms with van der Waals surface area (Å²) in [5.74, 6) is -0.995. The second-order valence-corrected chi connectivity index (χ2v) is 6.19. The van der Waals surface area contributed by atoms with Gasteiger partial charge in [-0.2, -0.15) is 23.3 Å². The molecule has 0 aliphatic rings. The number of carbonyl (C=O) groups excluding carboxylic acids is 1. The molecule has 0 spiro atoms. The topological polar surface area (TPSA) is 126 Å². The van der Waals surface area contributed by atoms with Gasteiger partial charge in [-0.25, -0.2) is 0 Å². The SMILES string of the molecule is Cc1nn(CC(=O)OCc2nc(-c3cccc(C(F)(F)F)c3)no2)c(C)c1[N+](=O)[O-]. The number of nitro groups is 1. The highest BCUT2D eigenvalue weighted by Gasteiger charge is 2.31. The lowest BCUT2D eigenvalue weighted by molar-refractivity contribution is -0.386. The van der Waals surface area contributed by atoms with Crippen LogP contribution < -0.4 is 0 Å². The van der Waals surface area contributed by atoms with E-state index >= 15 is 0 Å². The fraction of sp³-hybridized carbons (Fsp3) is 0.294. The second-order valence-electron chi connectivity index (χ2n) is 6.19. The number of halogens is 3. The second kappa shape index (κ2) is 7.93. The molecule has 0 bridgehead atoms. The van der Waals surface area contributed by atoms with Crippen molar-refractivity contribution in [2.24, 2.45) is 0 Å². The highest BCUT2D eigenvalue weighted by Crippen LogP contribution is 2.31. The van der Waals surface area contributed by atoms with Crippen LogP contribution in [0, 0.1) is 24.0 Å². The summed E-state index contributed by atoms with van der Waals surface area (Å²) in [5, 5.41) is 18.5. The minimum atomic E-state index is -4.52. The molecule has 0 saturated carbocycles. The fourth-order valence-corrected chi connectivity index (χ4v) is 2.68. The van der Waals surface area contributed by atoms with Crippen LogP contribution in [0.1, 0.15) is 22.8 Å². The van der Waals surface area contributed by atoms with Gasteiger partial charge in [-0.1, -0.05) is 17.3 Å². The predicted molar refractivity (Wildman–Crippen MR) is 92.9 cm³/mol. The summed E-state index contributed by atoms with van der Waals surface area (Å²) in [6.07, 6.45) is -4.52. The van der Waals surface area contributed by atoms with E-state index in [0.29, 0.717) is 0 Å². The van der Waals surface area contributed by atoms with Crippen LogP contribution >= 0.6 is 0 Å². The Morgan fingerprint density at radius 1 is 1.33 bits per heavy atom. The normalized spacial score (nSPS) is 11.5. The lowest BCUT2D eigenvalue weighted by Crippen LogP contribution is -2.15. The monoisotopic (exact) mass is 425 g/mol. The number of aryl methyl sites for hydroxylation is 1. The Morgan fingerprint density at radius 2 is 2.07 bits per heavy atom. The number of rotatable bonds is 6. The van der Waals surface area contributed by atoms with Crippen molar-refractivity contribution in [2.45, 2.75) is 33.2 Å². The number of hydrogen-bond donors (Lipinski definition) is 0. The van der Waals surface area contributed by atoms with Gasteiger partial charge in [-0.3, -0.25) is 19.6 Å². The first-order valence-electron chi connectivity index (χ1n) is 8.40. The summed E-state index contributed by atoms with van der Waals surface area (Å²) in [6.45, 7) is 2.09. The Morgan fingerprint density at radius 3 is 2.70 bits per heavy atom. The van der Waals surface area contributed by atoms with Crippen LogP contribution in [-0.4, -0.2) is 30.8 Å². The Kier molecular flexibility index (Phi) is 5.54. The van der Waals surface area contributed by atoms with Gasteiger partial charge in [0.1, 0.15) is 17.9 Å². The van der Waals surface area contributed by atoms with Crippen LogP contribution in [0.25, 0.3) is 11.4 Å². The van der Waals surface area contributed by atoms with Crippen molar-refractivity contribution in [3.63, 3.8) is 0 Å². The first kappa shape index (κ1) is 21.0. The zero-order valence-electron chi connectivity index (χ0n) is 15.6. The molecule has 3 rings (SSSR count). The maximum Gasteiger partial charge on any atom is 0.416 e. The number of nitrogens with zero attached hydrogens (tertiary/aromatic N) is 5. The van der Waals surface area contributed by atoms with E-state index in [1.807, 2.05) is 0 Å². The molecule has 158 valence electrons. The third-order valence-electron chi connectivity index (χ3n) is 4.08. The number of esters is 1. The molecule has 1 aromatic carbocycles. The minimum absolute atomic E-state index is 0.0844. The summed E-state index contributed by atoms with van der Waals surface area (Å²) in [4.78, 5) is 26.3. The third kappa shape index (κ3) is 4.45. The highest BCUT2D eigenvalue weighted by atomic mass is 19.4. The van der Waals surface area contributed by atoms with Gasteiger partial charge in [-0.05, 0) is 26.0 Å². The summed E-state index contributed by atoms with van der Waals surface area (Å²) in [7, 11) is 0. The Balaban J connectivity index is 1.64. The average Bonchev–Trinajstić information content (AvgIpc) is 3.24. The average molecular weight is 425 g/mol. The van der Waals surface area contributed by atoms with Crippen molar-refractivity contribution in [3.05, 3.63) is 57.2 Å². The Hall–Kier alpha value is -3.77. The first-order chi connectivity index (χ1) is 14.1. The van der Waals surface area contributed by atoms with E-state index in [2.05, 4.69) is 15.2 Å². The maximum atomic E-state index is 12.8. The van der Waals surface area contributed by atoms with E-state index in [4.69, 9.17) is 9.26 Å². The largest absolute Gasteiger partial charge is 0.454 e. The molecule has 2 aromatic heterocycles. The van der Waals surface area contributed by atoms with Crippen molar-refractivity contribution in [3.8, 4) is 11.4 Å². The Bertz CT molecular complexity index is 1110. The zero-order chi connectivity index (χ0) is 22.1. The fourth-order valence-electron chi connectivity index (χ4n) is 2.68. The van der Waals surface area contributed by atoms with Crippen LogP contribution in [0.15, 0.2) is 28.8 Å². The quantitative estimate of drug-likeness (QED) is 0.335. The summed E-state index contributed by atoms with van der Waals surface area (Å²) in [5.41, 5.74) is -0.615. The molecule has 0 radical (unpaired) electrons. The minimum Gasteiger partial charge on any atom is -0.454 e. The molecule has 0 unspecified atom stereocenters. The summed E-state index contributed by atoms with van der Waals surface area (Å²) < 4.78 is 49.4. The molecule has 30 heavy (non-hydrogen) atoms. The Labute approximate surface area is 166 Å². The van der Waals surface area contributed by atoms with Gasteiger partial charge >= 0.3 is 17.8 Å². The molecular formula is C17H14F3N5O5. The number of aromatic nitrogens is 4. The molecule has 0 aliphatic carbocycles. The van der Waals surface area contributed by atoms with Gasteiger partial charge in [0, 0.05) is 5.56 Å². The molecule has 13 heteroatoms. The lowest BCUT2D eigenvalue weighted by atomic mass is 10.1. The van der Waals surface area contributed by atoms with Crippen LogP contribution in [0.5, 0.6) is 0 Å². The number of ether oxygens (including phenoxy) is 1. The van der Waals surface area contributed by atoms with Gasteiger partial charge in [-0.15, -0.1) is 0 Å². The predicted octanol–water partition coefficient (Wildman–Crippen LogP) is 3.22. The van der Waals surface area contributed by atoms with E-state index < -0.39 is 29.2 Å². The van der Waals surface area contributed by atoms with E-state index in [0.717, 1.165) is 16.8 Å². The van der Waals surface area contributed by atoms with Crippen molar-refractivity contribution in [1.82, 2.24) is 19.9 Å². The van der Waals surface area contributed by atoms with E-state index in [-0.39, 0.29) is 40.9 Å². The molecule has 3 aromatic rings. The van der Waals surface area contributed by atoms with Crippen molar-refractivity contribution in [1.29, 1.82) is 0 Å². The lowest BCUT2D eigenvalue weighted by Gasteiger charge is -2.06. The van der Waals surface area contributed by atoms with Gasteiger partial charge < -0.3 is 9.26 Å². The summed E-state index contributed by atoms with van der Waals surface area (Å²) >= 11 is 0. The smallest absolute Gasteiger partial charge is 0.416 e. The third-order valence-corrected chi connectivity index (χ3v) is 4.08. The first-order valence-corrected chi connectivity index (χ1v) is 8.40. The van der Waals surface area contributed by atoms with Crippen molar-refractivity contribution < 1.29 is 32.1 Å². The van der Waals surface area contributed by atoms with Gasteiger partial charge in [0.2, 0.25) is 5.82 Å². The van der Waals surface area contributed by atoms with Crippen LogP contribution in [0.3, 0.4) is 0 Å². The van der Waals surface area contributed by atoms with Crippen molar-refractivity contribution >= 4 is 11.7 Å². The summed E-state index contributed by atoms with van der Waals surface area (Å²) in [6, 6.07) is 4.37.